The van der Waals surface area contributed by atoms with Crippen LogP contribution in [0, 0.1) is 11.6 Å². The molecule has 2 heterocycles. The number of benzene rings is 1. The predicted octanol–water partition coefficient (Wildman–Crippen LogP) is 2.92. The van der Waals surface area contributed by atoms with Crippen molar-refractivity contribution in [1.82, 2.24) is 15.1 Å². The highest BCUT2D eigenvalue weighted by Gasteiger charge is 2.25. The van der Waals surface area contributed by atoms with E-state index in [4.69, 9.17) is 0 Å². The van der Waals surface area contributed by atoms with Crippen molar-refractivity contribution >= 4 is 0 Å². The minimum atomic E-state index is -0.580. The molecule has 3 rings (SSSR count). The van der Waals surface area contributed by atoms with Gasteiger partial charge in [0.15, 0.2) is 11.6 Å². The van der Waals surface area contributed by atoms with Crippen LogP contribution in [0.3, 0.4) is 0 Å². The van der Waals surface area contributed by atoms with E-state index in [0.29, 0.717) is 6.54 Å². The van der Waals surface area contributed by atoms with Gasteiger partial charge in [0, 0.05) is 25.1 Å². The summed E-state index contributed by atoms with van der Waals surface area (Å²) in [5, 5.41) is 7.77. The molecular formula is C15H17F2N3. The molecular weight excluding hydrogens is 260 g/mol. The summed E-state index contributed by atoms with van der Waals surface area (Å²) >= 11 is 0. The Hall–Kier alpha value is -1.75. The monoisotopic (exact) mass is 277 g/mol. The molecule has 1 N–H and O–H groups in total. The van der Waals surface area contributed by atoms with Gasteiger partial charge in [0.1, 0.15) is 5.69 Å². The van der Waals surface area contributed by atoms with Crippen molar-refractivity contribution in [3.8, 4) is 5.69 Å². The number of nitrogens with zero attached hydrogens (tertiary/aromatic N) is 2. The van der Waals surface area contributed by atoms with Gasteiger partial charge < -0.3 is 5.32 Å². The normalized spacial score (nSPS) is 14.7. The largest absolute Gasteiger partial charge is 0.312 e. The molecule has 0 saturated heterocycles. The van der Waals surface area contributed by atoms with Gasteiger partial charge in [0.2, 0.25) is 0 Å². The summed E-state index contributed by atoms with van der Waals surface area (Å²) in [5.74, 6) is -0.937. The summed E-state index contributed by atoms with van der Waals surface area (Å²) in [5.41, 5.74) is 2.83. The van der Waals surface area contributed by atoms with Crippen LogP contribution in [0.5, 0.6) is 0 Å². The van der Waals surface area contributed by atoms with Crippen LogP contribution in [0.2, 0.25) is 0 Å². The van der Waals surface area contributed by atoms with Gasteiger partial charge in [0.05, 0.1) is 11.4 Å². The summed E-state index contributed by atoms with van der Waals surface area (Å²) < 4.78 is 29.5. The van der Waals surface area contributed by atoms with Crippen LogP contribution in [-0.4, -0.2) is 16.3 Å². The molecule has 0 spiro atoms. The molecule has 0 bridgehead atoms. The number of halogens is 2. The second-order valence-corrected chi connectivity index (χ2v) is 5.37. The second-order valence-electron chi connectivity index (χ2n) is 5.37. The Morgan fingerprint density at radius 3 is 2.60 bits per heavy atom. The van der Waals surface area contributed by atoms with E-state index in [2.05, 4.69) is 10.4 Å². The second kappa shape index (κ2) is 4.98. The molecule has 0 atom stereocenters. The predicted molar refractivity (Wildman–Crippen MR) is 73.0 cm³/mol. The number of hydrogen-bond donors (Lipinski definition) is 1. The number of fused-ring (bicyclic) bond motifs is 1. The van der Waals surface area contributed by atoms with Gasteiger partial charge in [-0.3, -0.25) is 0 Å². The van der Waals surface area contributed by atoms with Crippen molar-refractivity contribution in [2.24, 2.45) is 0 Å². The highest BCUT2D eigenvalue weighted by atomic mass is 19.1. The minimum absolute atomic E-state index is 0.0717. The Kier molecular flexibility index (Phi) is 3.30. The molecule has 20 heavy (non-hydrogen) atoms. The molecule has 2 aromatic rings. The zero-order valence-corrected chi connectivity index (χ0v) is 11.6. The molecule has 5 heteroatoms. The highest BCUT2D eigenvalue weighted by molar-refractivity contribution is 5.41. The van der Waals surface area contributed by atoms with E-state index in [1.807, 2.05) is 13.8 Å². The van der Waals surface area contributed by atoms with Crippen LogP contribution in [0.4, 0.5) is 8.78 Å². The maximum absolute atomic E-state index is 14.0. The first-order valence-electron chi connectivity index (χ1n) is 6.85. The lowest BCUT2D eigenvalue weighted by atomic mass is 10.0. The lowest BCUT2D eigenvalue weighted by Crippen LogP contribution is -2.25. The summed E-state index contributed by atoms with van der Waals surface area (Å²) in [4.78, 5) is 0. The average Bonchev–Trinajstić information content (AvgIpc) is 2.79. The molecule has 106 valence electrons. The quantitative estimate of drug-likeness (QED) is 0.914. The third-order valence-electron chi connectivity index (χ3n) is 3.66. The third kappa shape index (κ3) is 2.02. The molecule has 0 radical (unpaired) electrons. The van der Waals surface area contributed by atoms with Gasteiger partial charge in [-0.15, -0.1) is 0 Å². The van der Waals surface area contributed by atoms with Crippen molar-refractivity contribution < 1.29 is 8.78 Å². The van der Waals surface area contributed by atoms with E-state index in [0.717, 1.165) is 29.9 Å². The molecule has 0 aliphatic carbocycles. The zero-order valence-electron chi connectivity index (χ0n) is 11.6. The minimum Gasteiger partial charge on any atom is -0.312 e. The van der Waals surface area contributed by atoms with Gasteiger partial charge in [-0.05, 0) is 18.1 Å². The van der Waals surface area contributed by atoms with Crippen molar-refractivity contribution in [1.29, 1.82) is 0 Å². The SMILES string of the molecule is CC(C)c1nn(-c2c(F)cccc2F)c2c1CNCC2. The lowest BCUT2D eigenvalue weighted by molar-refractivity contribution is 0.548. The van der Waals surface area contributed by atoms with Gasteiger partial charge in [-0.25, -0.2) is 13.5 Å². The smallest absolute Gasteiger partial charge is 0.151 e. The zero-order chi connectivity index (χ0) is 14.3. The Labute approximate surface area is 116 Å². The van der Waals surface area contributed by atoms with E-state index in [-0.39, 0.29) is 11.6 Å². The summed E-state index contributed by atoms with van der Waals surface area (Å²) in [6.45, 7) is 5.59. The molecule has 1 aliphatic heterocycles. The van der Waals surface area contributed by atoms with Crippen molar-refractivity contribution in [2.75, 3.05) is 6.54 Å². The fourth-order valence-corrected chi connectivity index (χ4v) is 2.71. The first-order chi connectivity index (χ1) is 9.59. The van der Waals surface area contributed by atoms with Crippen LogP contribution < -0.4 is 5.32 Å². The molecule has 1 aliphatic rings. The van der Waals surface area contributed by atoms with Crippen LogP contribution >= 0.6 is 0 Å². The van der Waals surface area contributed by atoms with Crippen molar-refractivity contribution in [3.05, 3.63) is 46.8 Å². The Morgan fingerprint density at radius 1 is 1.25 bits per heavy atom. The molecule has 1 aromatic heterocycles. The van der Waals surface area contributed by atoms with E-state index >= 15 is 0 Å². The van der Waals surface area contributed by atoms with Crippen molar-refractivity contribution in [2.45, 2.75) is 32.7 Å². The van der Waals surface area contributed by atoms with Gasteiger partial charge in [0.25, 0.3) is 0 Å². The number of nitrogens with one attached hydrogen (secondary N) is 1. The maximum atomic E-state index is 14.0. The fourth-order valence-electron chi connectivity index (χ4n) is 2.71. The summed E-state index contributed by atoms with van der Waals surface area (Å²) in [7, 11) is 0. The van der Waals surface area contributed by atoms with E-state index in [9.17, 15) is 8.78 Å². The topological polar surface area (TPSA) is 29.9 Å². The Morgan fingerprint density at radius 2 is 1.95 bits per heavy atom. The number of hydrogen-bond acceptors (Lipinski definition) is 2. The molecule has 0 unspecified atom stereocenters. The molecule has 3 nitrogen and oxygen atoms in total. The van der Waals surface area contributed by atoms with Crippen molar-refractivity contribution in [3.63, 3.8) is 0 Å². The van der Waals surface area contributed by atoms with Gasteiger partial charge in [-0.2, -0.15) is 5.10 Å². The summed E-state index contributed by atoms with van der Waals surface area (Å²) in [6, 6.07) is 3.90. The molecule has 0 fully saturated rings. The Balaban J connectivity index is 2.24. The first-order valence-corrected chi connectivity index (χ1v) is 6.85. The van der Waals surface area contributed by atoms with Gasteiger partial charge in [-0.1, -0.05) is 19.9 Å². The van der Waals surface area contributed by atoms with E-state index in [1.165, 1.54) is 22.9 Å². The first kappa shape index (κ1) is 13.2. The fraction of sp³-hybridized carbons (Fsp3) is 0.400. The van der Waals surface area contributed by atoms with Crippen LogP contribution in [0.15, 0.2) is 18.2 Å². The number of para-hydroxylation sites is 1. The third-order valence-corrected chi connectivity index (χ3v) is 3.66. The van der Waals surface area contributed by atoms with Crippen LogP contribution in [0.1, 0.15) is 36.7 Å². The average molecular weight is 277 g/mol. The number of aromatic nitrogens is 2. The standard InChI is InChI=1S/C15H17F2N3/c1-9(2)14-10-8-18-7-6-13(10)20(19-14)15-11(16)4-3-5-12(15)17/h3-5,9,18H,6-8H2,1-2H3. The maximum Gasteiger partial charge on any atom is 0.151 e. The number of rotatable bonds is 2. The summed E-state index contributed by atoms with van der Waals surface area (Å²) in [6.07, 6.45) is 0.725. The molecule has 0 amide bonds. The van der Waals surface area contributed by atoms with E-state index < -0.39 is 11.6 Å². The van der Waals surface area contributed by atoms with Crippen LogP contribution in [-0.2, 0) is 13.0 Å². The Bertz CT molecular complexity index is 627. The van der Waals surface area contributed by atoms with E-state index in [1.54, 1.807) is 0 Å². The van der Waals surface area contributed by atoms with Gasteiger partial charge >= 0.3 is 0 Å². The highest BCUT2D eigenvalue weighted by Crippen LogP contribution is 2.28. The molecule has 1 aromatic carbocycles. The lowest BCUT2D eigenvalue weighted by Gasteiger charge is -2.16. The van der Waals surface area contributed by atoms with Crippen LogP contribution in [0.25, 0.3) is 5.69 Å². The molecule has 0 saturated carbocycles.